The van der Waals surface area contributed by atoms with Crippen LogP contribution in [0.4, 0.5) is 0 Å². The molecular weight excluding hydrogens is 514 g/mol. The number of ether oxygens (including phenoxy) is 4. The maximum absolute atomic E-state index is 12.4. The van der Waals surface area contributed by atoms with Crippen molar-refractivity contribution in [3.8, 4) is 11.5 Å². The summed E-state index contributed by atoms with van der Waals surface area (Å²) >= 11 is 0. The molecule has 10 heteroatoms. The smallest absolute Gasteiger partial charge is 0.330 e. The fourth-order valence-electron chi connectivity index (χ4n) is 5.05. The summed E-state index contributed by atoms with van der Waals surface area (Å²) in [4.78, 5) is 26.1. The molecule has 0 bridgehead atoms. The number of aromatic nitrogens is 2. The second kappa shape index (κ2) is 11.5. The van der Waals surface area contributed by atoms with E-state index in [0.29, 0.717) is 11.5 Å². The van der Waals surface area contributed by atoms with Gasteiger partial charge in [-0.2, -0.15) is 0 Å². The number of aliphatic hydroxyl groups is 1. The summed E-state index contributed by atoms with van der Waals surface area (Å²) in [6.07, 6.45) is -1.82. The maximum Gasteiger partial charge on any atom is 0.330 e. The number of nitrogens with zero attached hydrogens (tertiary/aromatic N) is 1. The van der Waals surface area contributed by atoms with Gasteiger partial charge in [0.2, 0.25) is 0 Å². The summed E-state index contributed by atoms with van der Waals surface area (Å²) in [6, 6.07) is 25.2. The first-order valence-corrected chi connectivity index (χ1v) is 12.8. The van der Waals surface area contributed by atoms with Crippen LogP contribution in [0.1, 0.15) is 22.9 Å². The van der Waals surface area contributed by atoms with Crippen LogP contribution in [0.25, 0.3) is 0 Å². The zero-order valence-electron chi connectivity index (χ0n) is 22.1. The lowest BCUT2D eigenvalue weighted by molar-refractivity contribution is -0.0883. The number of aliphatic hydroxyl groups excluding tert-OH is 1. The average Bonchev–Trinajstić information content (AvgIpc) is 3.27. The Bertz CT molecular complexity index is 1490. The van der Waals surface area contributed by atoms with Gasteiger partial charge in [0, 0.05) is 12.3 Å². The van der Waals surface area contributed by atoms with Gasteiger partial charge in [-0.15, -0.1) is 0 Å². The van der Waals surface area contributed by atoms with Gasteiger partial charge in [-0.05, 0) is 41.0 Å². The predicted octanol–water partition coefficient (Wildman–Crippen LogP) is 2.15. The maximum atomic E-state index is 12.4. The molecule has 0 saturated carbocycles. The fraction of sp³-hybridized carbons (Fsp3) is 0.267. The molecule has 4 N–H and O–H groups in total. The molecule has 3 aromatic carbocycles. The van der Waals surface area contributed by atoms with E-state index in [1.165, 1.54) is 12.3 Å². The summed E-state index contributed by atoms with van der Waals surface area (Å²) in [5, 5.41) is 10.9. The minimum Gasteiger partial charge on any atom is -0.497 e. The van der Waals surface area contributed by atoms with Crippen molar-refractivity contribution in [2.24, 2.45) is 5.73 Å². The van der Waals surface area contributed by atoms with Crippen LogP contribution in [-0.4, -0.2) is 53.7 Å². The molecule has 40 heavy (non-hydrogen) atoms. The van der Waals surface area contributed by atoms with Gasteiger partial charge >= 0.3 is 5.69 Å². The van der Waals surface area contributed by atoms with Gasteiger partial charge in [0.25, 0.3) is 5.56 Å². The molecule has 1 aromatic heterocycles. The van der Waals surface area contributed by atoms with E-state index < -0.39 is 41.3 Å². The van der Waals surface area contributed by atoms with E-state index in [4.69, 9.17) is 24.7 Å². The van der Waals surface area contributed by atoms with E-state index in [1.54, 1.807) is 14.2 Å². The van der Waals surface area contributed by atoms with Crippen molar-refractivity contribution in [2.45, 2.75) is 30.1 Å². The third kappa shape index (κ3) is 5.05. The van der Waals surface area contributed by atoms with E-state index >= 15 is 0 Å². The highest BCUT2D eigenvalue weighted by Crippen LogP contribution is 2.42. The Morgan fingerprint density at radius 2 is 1.43 bits per heavy atom. The molecule has 0 unspecified atom stereocenters. The predicted molar refractivity (Wildman–Crippen MR) is 147 cm³/mol. The normalized spacial score (nSPS) is 20.8. The third-order valence-electron chi connectivity index (χ3n) is 7.19. The Morgan fingerprint density at radius 1 is 0.875 bits per heavy atom. The average molecular weight is 546 g/mol. The van der Waals surface area contributed by atoms with Crippen molar-refractivity contribution in [3.63, 3.8) is 0 Å². The largest absolute Gasteiger partial charge is 0.497 e. The molecule has 208 valence electrons. The summed E-state index contributed by atoms with van der Waals surface area (Å²) in [5.74, 6) is 1.39. The number of benzene rings is 3. The number of hydrogen-bond donors (Lipinski definition) is 3. The van der Waals surface area contributed by atoms with Crippen molar-refractivity contribution in [1.82, 2.24) is 9.55 Å². The Morgan fingerprint density at radius 3 is 1.95 bits per heavy atom. The van der Waals surface area contributed by atoms with Gasteiger partial charge in [0.1, 0.15) is 29.3 Å². The van der Waals surface area contributed by atoms with E-state index in [9.17, 15) is 14.7 Å². The van der Waals surface area contributed by atoms with Crippen molar-refractivity contribution in [3.05, 3.63) is 129 Å². The monoisotopic (exact) mass is 545 g/mol. The molecule has 5 rings (SSSR count). The van der Waals surface area contributed by atoms with Gasteiger partial charge in [-0.1, -0.05) is 54.6 Å². The molecule has 1 aliphatic rings. The number of methoxy groups -OCH3 is 2. The quantitative estimate of drug-likeness (QED) is 0.272. The van der Waals surface area contributed by atoms with Gasteiger partial charge in [0.15, 0.2) is 6.23 Å². The van der Waals surface area contributed by atoms with Gasteiger partial charge in [0.05, 0.1) is 26.9 Å². The third-order valence-corrected chi connectivity index (χ3v) is 7.19. The van der Waals surface area contributed by atoms with Crippen LogP contribution in [0.3, 0.4) is 0 Å². The van der Waals surface area contributed by atoms with Crippen LogP contribution in [0.15, 0.2) is 101 Å². The van der Waals surface area contributed by atoms with Gasteiger partial charge in [-0.3, -0.25) is 14.3 Å². The Kier molecular flexibility index (Phi) is 7.85. The molecule has 1 saturated heterocycles. The highest BCUT2D eigenvalue weighted by atomic mass is 16.6. The molecule has 10 nitrogen and oxygen atoms in total. The Labute approximate surface area is 230 Å². The van der Waals surface area contributed by atoms with E-state index in [1.807, 2.05) is 78.9 Å². The molecule has 4 atom stereocenters. The first-order chi connectivity index (χ1) is 19.4. The fourth-order valence-corrected chi connectivity index (χ4v) is 5.05. The molecule has 4 aromatic rings. The van der Waals surface area contributed by atoms with Crippen LogP contribution in [0.5, 0.6) is 11.5 Å². The summed E-state index contributed by atoms with van der Waals surface area (Å²) in [7, 11) is 3.21. The highest BCUT2D eigenvalue weighted by molar-refractivity contribution is 5.49. The van der Waals surface area contributed by atoms with Crippen LogP contribution < -0.4 is 26.5 Å². The lowest BCUT2D eigenvalue weighted by atomic mass is 9.80. The number of H-pyrrole nitrogens is 1. The topological polar surface area (TPSA) is 138 Å². The molecule has 1 aliphatic heterocycles. The molecule has 0 amide bonds. The van der Waals surface area contributed by atoms with Crippen LogP contribution in [0, 0.1) is 0 Å². The van der Waals surface area contributed by atoms with E-state index in [-0.39, 0.29) is 6.61 Å². The van der Waals surface area contributed by atoms with Crippen LogP contribution in [0.2, 0.25) is 0 Å². The summed E-state index contributed by atoms with van der Waals surface area (Å²) in [5.41, 5.74) is 6.51. The second-order valence-corrected chi connectivity index (χ2v) is 9.47. The molecule has 0 aliphatic carbocycles. The number of nitrogens with two attached hydrogens (primary N) is 1. The number of rotatable bonds is 9. The Balaban J connectivity index is 1.56. The van der Waals surface area contributed by atoms with Crippen molar-refractivity contribution >= 4 is 0 Å². The van der Waals surface area contributed by atoms with Crippen molar-refractivity contribution < 1.29 is 24.1 Å². The SMILES string of the molecule is COc1ccc(C(OC[C@H]2O[C@@H](n3ccc(=O)[nH]c3=O)[C@H](O)[C@@H]2N)(c2ccccc2)c2ccc(OC)cc2)cc1. The number of hydrogen-bond acceptors (Lipinski definition) is 8. The summed E-state index contributed by atoms with van der Waals surface area (Å²) in [6.45, 7) is -0.0280. The van der Waals surface area contributed by atoms with E-state index in [2.05, 4.69) is 4.98 Å². The van der Waals surface area contributed by atoms with Crippen molar-refractivity contribution in [2.75, 3.05) is 20.8 Å². The lowest BCUT2D eigenvalue weighted by Gasteiger charge is -2.37. The zero-order valence-corrected chi connectivity index (χ0v) is 22.1. The molecular formula is C30H31N3O7. The minimum atomic E-state index is -1.22. The summed E-state index contributed by atoms with van der Waals surface area (Å²) < 4.78 is 24.8. The highest BCUT2D eigenvalue weighted by Gasteiger charge is 2.45. The lowest BCUT2D eigenvalue weighted by Crippen LogP contribution is -2.44. The first-order valence-electron chi connectivity index (χ1n) is 12.8. The first kappa shape index (κ1) is 27.4. The number of nitrogens with one attached hydrogen (secondary N) is 1. The molecule has 2 heterocycles. The molecule has 0 spiro atoms. The molecule has 1 fully saturated rings. The Hall–Kier alpha value is -4.22. The second-order valence-electron chi connectivity index (χ2n) is 9.47. The number of aromatic amines is 1. The van der Waals surface area contributed by atoms with Crippen LogP contribution in [-0.2, 0) is 15.1 Å². The standard InChI is InChI=1S/C30H31N3O7/c1-37-22-12-8-20(9-13-22)30(19-6-4-3-5-7-19,21-10-14-23(38-2)15-11-21)39-18-24-26(31)27(35)28(40-24)33-17-16-25(34)32-29(33)36/h3-17,24,26-28,35H,18,31H2,1-2H3,(H,32,34,36)/t24-,26-,27-,28-/m1/s1. The minimum absolute atomic E-state index is 0.0280. The van der Waals surface area contributed by atoms with Gasteiger partial charge in [-0.25, -0.2) is 4.79 Å². The van der Waals surface area contributed by atoms with Crippen LogP contribution >= 0.6 is 0 Å². The van der Waals surface area contributed by atoms with Gasteiger partial charge < -0.3 is 29.8 Å². The molecule has 0 radical (unpaired) electrons. The van der Waals surface area contributed by atoms with E-state index in [0.717, 1.165) is 21.3 Å². The van der Waals surface area contributed by atoms with Crippen molar-refractivity contribution in [1.29, 1.82) is 0 Å². The zero-order chi connectivity index (χ0) is 28.3.